The van der Waals surface area contributed by atoms with Gasteiger partial charge in [-0.05, 0) is 44.6 Å². The Labute approximate surface area is 121 Å². The van der Waals surface area contributed by atoms with Gasteiger partial charge in [-0.2, -0.15) is 0 Å². The number of piperidine rings is 1. The van der Waals surface area contributed by atoms with Crippen molar-refractivity contribution in [1.29, 1.82) is 0 Å². The lowest BCUT2D eigenvalue weighted by Gasteiger charge is -2.42. The van der Waals surface area contributed by atoms with Crippen molar-refractivity contribution in [2.75, 3.05) is 20.1 Å². The van der Waals surface area contributed by atoms with Crippen LogP contribution in [0, 0.1) is 0 Å². The van der Waals surface area contributed by atoms with Crippen LogP contribution in [0.1, 0.15) is 44.6 Å². The molecule has 3 nitrogen and oxygen atoms in total. The topological polar surface area (TPSA) is 32.7 Å². The van der Waals surface area contributed by atoms with E-state index in [0.29, 0.717) is 5.75 Å². The summed E-state index contributed by atoms with van der Waals surface area (Å²) in [5.41, 5.74) is 1.36. The fourth-order valence-electron chi connectivity index (χ4n) is 3.83. The van der Waals surface area contributed by atoms with Gasteiger partial charge in [-0.1, -0.05) is 26.2 Å². The molecule has 20 heavy (non-hydrogen) atoms. The summed E-state index contributed by atoms with van der Waals surface area (Å²) in [6.45, 7) is 4.34. The molecule has 1 saturated heterocycles. The maximum atomic E-state index is 9.86. The highest BCUT2D eigenvalue weighted by Crippen LogP contribution is 2.51. The SMILES string of the molecule is CCCCC[C@@]12CCN(C)C[C@@H]1Oc1ccc(O)cc12. The molecule has 3 heteroatoms. The number of likely N-dealkylation sites (tertiary alicyclic amines) is 1. The smallest absolute Gasteiger partial charge is 0.124 e. The molecular formula is C17H25NO2. The number of benzene rings is 1. The highest BCUT2D eigenvalue weighted by molar-refractivity contribution is 5.49. The average Bonchev–Trinajstić information content (AvgIpc) is 2.73. The molecule has 110 valence electrons. The number of fused-ring (bicyclic) bond motifs is 3. The van der Waals surface area contributed by atoms with E-state index < -0.39 is 0 Å². The van der Waals surface area contributed by atoms with Crippen LogP contribution in [0.4, 0.5) is 0 Å². The van der Waals surface area contributed by atoms with E-state index in [1.807, 2.05) is 12.1 Å². The van der Waals surface area contributed by atoms with Gasteiger partial charge in [-0.25, -0.2) is 0 Å². The Morgan fingerprint density at radius 3 is 3.05 bits per heavy atom. The van der Waals surface area contributed by atoms with Crippen LogP contribution in [0.5, 0.6) is 11.5 Å². The summed E-state index contributed by atoms with van der Waals surface area (Å²) >= 11 is 0. The number of phenolic OH excluding ortho intramolecular Hbond substituents is 1. The number of hydrogen-bond acceptors (Lipinski definition) is 3. The summed E-state index contributed by atoms with van der Waals surface area (Å²) < 4.78 is 6.22. The van der Waals surface area contributed by atoms with E-state index in [-0.39, 0.29) is 11.5 Å². The Balaban J connectivity index is 1.94. The molecular weight excluding hydrogens is 250 g/mol. The minimum absolute atomic E-state index is 0.121. The van der Waals surface area contributed by atoms with Crippen molar-refractivity contribution in [2.24, 2.45) is 0 Å². The average molecular weight is 275 g/mol. The van der Waals surface area contributed by atoms with Crippen molar-refractivity contribution in [1.82, 2.24) is 4.90 Å². The molecule has 0 bridgehead atoms. The maximum absolute atomic E-state index is 9.86. The normalized spacial score (nSPS) is 28.8. The molecule has 0 amide bonds. The van der Waals surface area contributed by atoms with Gasteiger partial charge in [0.15, 0.2) is 0 Å². The lowest BCUT2D eigenvalue weighted by Crippen LogP contribution is -2.51. The zero-order valence-corrected chi connectivity index (χ0v) is 12.6. The van der Waals surface area contributed by atoms with Gasteiger partial charge in [0.2, 0.25) is 0 Å². The van der Waals surface area contributed by atoms with Crippen LogP contribution in [0.25, 0.3) is 0 Å². The van der Waals surface area contributed by atoms with E-state index in [9.17, 15) is 5.11 Å². The lowest BCUT2D eigenvalue weighted by atomic mass is 9.69. The number of ether oxygens (including phenoxy) is 1. The van der Waals surface area contributed by atoms with Crippen molar-refractivity contribution in [3.8, 4) is 11.5 Å². The molecule has 2 atom stereocenters. The van der Waals surface area contributed by atoms with E-state index in [2.05, 4.69) is 18.9 Å². The molecule has 1 aromatic carbocycles. The fraction of sp³-hybridized carbons (Fsp3) is 0.647. The van der Waals surface area contributed by atoms with E-state index in [0.717, 1.165) is 25.3 Å². The summed E-state index contributed by atoms with van der Waals surface area (Å²) in [5.74, 6) is 1.35. The number of rotatable bonds is 4. The predicted molar refractivity (Wildman–Crippen MR) is 80.5 cm³/mol. The van der Waals surface area contributed by atoms with Gasteiger partial charge in [0.05, 0.1) is 0 Å². The molecule has 0 aromatic heterocycles. The molecule has 0 spiro atoms. The molecule has 2 heterocycles. The Morgan fingerprint density at radius 2 is 2.25 bits per heavy atom. The third-order valence-corrected chi connectivity index (χ3v) is 5.03. The molecule has 3 rings (SSSR count). The minimum atomic E-state index is 0.121. The Hall–Kier alpha value is -1.22. The molecule has 1 fully saturated rings. The highest BCUT2D eigenvalue weighted by Gasteiger charge is 2.50. The first-order valence-corrected chi connectivity index (χ1v) is 7.84. The van der Waals surface area contributed by atoms with E-state index in [4.69, 9.17) is 4.74 Å². The van der Waals surface area contributed by atoms with Crippen LogP contribution >= 0.6 is 0 Å². The summed E-state index contributed by atoms with van der Waals surface area (Å²) in [5, 5.41) is 9.86. The van der Waals surface area contributed by atoms with Gasteiger partial charge < -0.3 is 14.7 Å². The van der Waals surface area contributed by atoms with Crippen LogP contribution in [0.2, 0.25) is 0 Å². The van der Waals surface area contributed by atoms with Crippen molar-refractivity contribution in [3.63, 3.8) is 0 Å². The van der Waals surface area contributed by atoms with Gasteiger partial charge in [0.25, 0.3) is 0 Å². The molecule has 2 aliphatic heterocycles. The fourth-order valence-corrected chi connectivity index (χ4v) is 3.83. The predicted octanol–water partition coefficient (Wildman–Crippen LogP) is 3.31. The first-order valence-electron chi connectivity index (χ1n) is 7.84. The summed E-state index contributed by atoms with van der Waals surface area (Å²) in [4.78, 5) is 2.36. The second kappa shape index (κ2) is 5.28. The first kappa shape index (κ1) is 13.7. The van der Waals surface area contributed by atoms with Gasteiger partial charge in [-0.3, -0.25) is 0 Å². The molecule has 2 aliphatic rings. The van der Waals surface area contributed by atoms with Crippen LogP contribution < -0.4 is 4.74 Å². The van der Waals surface area contributed by atoms with E-state index in [1.54, 1.807) is 6.07 Å². The monoisotopic (exact) mass is 275 g/mol. The number of likely N-dealkylation sites (N-methyl/N-ethyl adjacent to an activating group) is 1. The van der Waals surface area contributed by atoms with Gasteiger partial charge in [-0.15, -0.1) is 0 Å². The van der Waals surface area contributed by atoms with Crippen LogP contribution in [-0.2, 0) is 5.41 Å². The van der Waals surface area contributed by atoms with Gasteiger partial charge >= 0.3 is 0 Å². The number of hydrogen-bond donors (Lipinski definition) is 1. The van der Waals surface area contributed by atoms with Crippen molar-refractivity contribution >= 4 is 0 Å². The Bertz CT molecular complexity index is 488. The summed E-state index contributed by atoms with van der Waals surface area (Å²) in [6, 6.07) is 5.61. The van der Waals surface area contributed by atoms with Crippen LogP contribution in [-0.4, -0.2) is 36.2 Å². The van der Waals surface area contributed by atoms with Gasteiger partial charge in [0.1, 0.15) is 17.6 Å². The molecule has 0 aliphatic carbocycles. The number of aromatic hydroxyl groups is 1. The molecule has 1 N–H and O–H groups in total. The quantitative estimate of drug-likeness (QED) is 0.856. The van der Waals surface area contributed by atoms with Crippen LogP contribution in [0.15, 0.2) is 18.2 Å². The van der Waals surface area contributed by atoms with Crippen LogP contribution in [0.3, 0.4) is 0 Å². The van der Waals surface area contributed by atoms with Crippen molar-refractivity contribution < 1.29 is 9.84 Å². The zero-order valence-electron chi connectivity index (χ0n) is 12.6. The zero-order chi connectivity index (χ0) is 14.2. The highest BCUT2D eigenvalue weighted by atomic mass is 16.5. The minimum Gasteiger partial charge on any atom is -0.508 e. The number of unbranched alkanes of at least 4 members (excludes halogenated alkanes) is 2. The second-order valence-corrected chi connectivity index (χ2v) is 6.41. The number of phenols is 1. The summed E-state index contributed by atoms with van der Waals surface area (Å²) in [7, 11) is 2.17. The maximum Gasteiger partial charge on any atom is 0.124 e. The second-order valence-electron chi connectivity index (χ2n) is 6.41. The van der Waals surface area contributed by atoms with E-state index in [1.165, 1.54) is 31.2 Å². The van der Waals surface area contributed by atoms with Gasteiger partial charge in [0, 0.05) is 17.5 Å². The Morgan fingerprint density at radius 1 is 1.40 bits per heavy atom. The summed E-state index contributed by atoms with van der Waals surface area (Å²) in [6.07, 6.45) is 6.32. The molecule has 0 radical (unpaired) electrons. The van der Waals surface area contributed by atoms with Crippen molar-refractivity contribution in [3.05, 3.63) is 23.8 Å². The third-order valence-electron chi connectivity index (χ3n) is 5.03. The third kappa shape index (κ3) is 2.18. The standard InChI is InChI=1S/C17H25NO2/c1-3-4-5-8-17-9-10-18(2)12-16(17)20-15-7-6-13(19)11-14(15)17/h6-7,11,16,19H,3-5,8-10,12H2,1-2H3/t16-,17-/m0/s1. The molecule has 1 aromatic rings. The molecule has 0 saturated carbocycles. The largest absolute Gasteiger partial charge is 0.508 e. The number of nitrogens with zero attached hydrogens (tertiary/aromatic N) is 1. The molecule has 0 unspecified atom stereocenters. The van der Waals surface area contributed by atoms with Crippen molar-refractivity contribution in [2.45, 2.75) is 50.5 Å². The lowest BCUT2D eigenvalue weighted by molar-refractivity contribution is 0.0488. The Kier molecular flexibility index (Phi) is 3.63. The van der Waals surface area contributed by atoms with E-state index >= 15 is 0 Å². The first-order chi connectivity index (χ1) is 9.65.